The molecule has 0 bridgehead atoms. The Balaban J connectivity index is 0. The van der Waals surface area contributed by atoms with Gasteiger partial charge in [0.2, 0.25) is 5.91 Å². The molecular formula is C12H27Cl2N3O. The van der Waals surface area contributed by atoms with E-state index in [4.69, 9.17) is 0 Å². The fourth-order valence-electron chi connectivity index (χ4n) is 2.46. The van der Waals surface area contributed by atoms with Crippen LogP contribution in [0.5, 0.6) is 0 Å². The van der Waals surface area contributed by atoms with Gasteiger partial charge in [0.1, 0.15) is 0 Å². The van der Waals surface area contributed by atoms with Crippen LogP contribution in [0.1, 0.15) is 20.3 Å². The first kappa shape index (κ1) is 20.3. The molecule has 1 rings (SSSR count). The third kappa shape index (κ3) is 4.92. The zero-order valence-electron chi connectivity index (χ0n) is 12.0. The maximum absolute atomic E-state index is 12.4. The average Bonchev–Trinajstić information content (AvgIpc) is 2.67. The third-order valence-electron chi connectivity index (χ3n) is 3.37. The van der Waals surface area contributed by atoms with Crippen molar-refractivity contribution < 1.29 is 4.79 Å². The van der Waals surface area contributed by atoms with E-state index in [0.717, 1.165) is 19.5 Å². The van der Waals surface area contributed by atoms with Gasteiger partial charge in [-0.3, -0.25) is 9.69 Å². The maximum Gasteiger partial charge on any atom is 0.240 e. The van der Waals surface area contributed by atoms with Gasteiger partial charge in [-0.2, -0.15) is 0 Å². The summed E-state index contributed by atoms with van der Waals surface area (Å²) in [6.07, 6.45) is 1.07. The van der Waals surface area contributed by atoms with Gasteiger partial charge >= 0.3 is 0 Å². The standard InChI is InChI=1S/C12H25N3O.2ClH/c1-9(2)11(14(3)4)12(16)15(5)10-6-7-13-8-10;;/h9-11,13H,6-8H2,1-5H3;2*1H. The number of nitrogens with one attached hydrogen (secondary N) is 1. The van der Waals surface area contributed by atoms with E-state index in [1.165, 1.54) is 0 Å². The molecule has 1 fully saturated rings. The molecule has 6 heteroatoms. The molecule has 110 valence electrons. The number of rotatable bonds is 4. The molecular weight excluding hydrogens is 273 g/mol. The Hall–Kier alpha value is -0.0300. The van der Waals surface area contributed by atoms with E-state index in [1.807, 2.05) is 30.9 Å². The molecule has 1 aliphatic heterocycles. The van der Waals surface area contributed by atoms with E-state index in [2.05, 4.69) is 19.2 Å². The van der Waals surface area contributed by atoms with Crippen LogP contribution >= 0.6 is 24.8 Å². The summed E-state index contributed by atoms with van der Waals surface area (Å²) < 4.78 is 0. The number of carbonyl (C=O) groups is 1. The van der Waals surface area contributed by atoms with Gasteiger partial charge in [-0.1, -0.05) is 13.8 Å². The van der Waals surface area contributed by atoms with Gasteiger partial charge in [0, 0.05) is 19.6 Å². The van der Waals surface area contributed by atoms with Crippen molar-refractivity contribution in [2.24, 2.45) is 5.92 Å². The van der Waals surface area contributed by atoms with Crippen molar-refractivity contribution >= 4 is 30.7 Å². The zero-order valence-corrected chi connectivity index (χ0v) is 13.6. The van der Waals surface area contributed by atoms with E-state index in [1.54, 1.807) is 0 Å². The van der Waals surface area contributed by atoms with Crippen LogP contribution in [0, 0.1) is 5.92 Å². The normalized spacial score (nSPS) is 20.3. The average molecular weight is 300 g/mol. The monoisotopic (exact) mass is 299 g/mol. The summed E-state index contributed by atoms with van der Waals surface area (Å²) in [5, 5.41) is 3.30. The van der Waals surface area contributed by atoms with Crippen molar-refractivity contribution in [3.8, 4) is 0 Å². The number of carbonyl (C=O) groups excluding carboxylic acids is 1. The molecule has 0 aromatic rings. The second-order valence-electron chi connectivity index (χ2n) is 5.25. The lowest BCUT2D eigenvalue weighted by molar-refractivity contribution is -0.138. The lowest BCUT2D eigenvalue weighted by Gasteiger charge is -2.33. The fraction of sp³-hybridized carbons (Fsp3) is 0.917. The highest BCUT2D eigenvalue weighted by Gasteiger charge is 2.31. The number of amides is 1. The summed E-state index contributed by atoms with van der Waals surface area (Å²) >= 11 is 0. The summed E-state index contributed by atoms with van der Waals surface area (Å²) in [7, 11) is 5.88. The number of nitrogens with zero attached hydrogens (tertiary/aromatic N) is 2. The van der Waals surface area contributed by atoms with Crippen LogP contribution in [-0.2, 0) is 4.79 Å². The van der Waals surface area contributed by atoms with Crippen LogP contribution in [0.15, 0.2) is 0 Å². The first-order chi connectivity index (χ1) is 7.45. The lowest BCUT2D eigenvalue weighted by Crippen LogP contribution is -2.51. The van der Waals surface area contributed by atoms with Crippen molar-refractivity contribution in [2.45, 2.75) is 32.4 Å². The molecule has 18 heavy (non-hydrogen) atoms. The number of hydrogen-bond acceptors (Lipinski definition) is 3. The summed E-state index contributed by atoms with van der Waals surface area (Å²) in [6, 6.07) is 0.360. The van der Waals surface area contributed by atoms with Crippen molar-refractivity contribution in [1.29, 1.82) is 0 Å². The minimum absolute atomic E-state index is 0. The quantitative estimate of drug-likeness (QED) is 0.848. The molecule has 4 nitrogen and oxygen atoms in total. The van der Waals surface area contributed by atoms with Gasteiger partial charge in [0.25, 0.3) is 0 Å². The molecule has 0 aromatic heterocycles. The van der Waals surface area contributed by atoms with Gasteiger partial charge < -0.3 is 10.2 Å². The van der Waals surface area contributed by atoms with Gasteiger partial charge in [-0.25, -0.2) is 0 Å². The Bertz CT molecular complexity index is 235. The van der Waals surface area contributed by atoms with Crippen molar-refractivity contribution in [2.75, 3.05) is 34.2 Å². The Labute approximate surface area is 123 Å². The van der Waals surface area contributed by atoms with Gasteiger partial charge in [-0.15, -0.1) is 24.8 Å². The van der Waals surface area contributed by atoms with Crippen molar-refractivity contribution in [3.63, 3.8) is 0 Å². The van der Waals surface area contributed by atoms with Crippen molar-refractivity contribution in [1.82, 2.24) is 15.1 Å². The van der Waals surface area contributed by atoms with E-state index >= 15 is 0 Å². The van der Waals surface area contributed by atoms with Gasteiger partial charge in [-0.05, 0) is 33.0 Å². The highest BCUT2D eigenvalue weighted by atomic mass is 35.5. The molecule has 2 unspecified atom stereocenters. The predicted molar refractivity (Wildman–Crippen MR) is 80.9 cm³/mol. The van der Waals surface area contributed by atoms with Crippen LogP contribution in [0.2, 0.25) is 0 Å². The summed E-state index contributed by atoms with van der Waals surface area (Å²) in [4.78, 5) is 16.3. The minimum atomic E-state index is -0.00870. The van der Waals surface area contributed by atoms with Crippen LogP contribution in [0.4, 0.5) is 0 Å². The van der Waals surface area contributed by atoms with E-state index in [9.17, 15) is 4.79 Å². The Morgan fingerprint density at radius 1 is 1.22 bits per heavy atom. The van der Waals surface area contributed by atoms with E-state index in [-0.39, 0.29) is 36.8 Å². The van der Waals surface area contributed by atoms with Crippen molar-refractivity contribution in [3.05, 3.63) is 0 Å². The Kier molecular flexibility index (Phi) is 10.1. The van der Waals surface area contributed by atoms with E-state index < -0.39 is 0 Å². The van der Waals surface area contributed by atoms with Crippen LogP contribution in [0.25, 0.3) is 0 Å². The highest BCUT2D eigenvalue weighted by molar-refractivity contribution is 5.85. The zero-order chi connectivity index (χ0) is 12.3. The molecule has 1 N–H and O–H groups in total. The first-order valence-electron chi connectivity index (χ1n) is 6.09. The smallest absolute Gasteiger partial charge is 0.240 e. The summed E-state index contributed by atoms with van der Waals surface area (Å²) in [5.41, 5.74) is 0. The molecule has 0 saturated carbocycles. The molecule has 0 aliphatic carbocycles. The highest BCUT2D eigenvalue weighted by Crippen LogP contribution is 2.14. The Morgan fingerprint density at radius 2 is 1.78 bits per heavy atom. The lowest BCUT2D eigenvalue weighted by atomic mass is 10.0. The van der Waals surface area contributed by atoms with Crippen LogP contribution < -0.4 is 5.32 Å². The molecule has 1 amide bonds. The van der Waals surface area contributed by atoms with E-state index in [0.29, 0.717) is 12.0 Å². The maximum atomic E-state index is 12.4. The molecule has 2 atom stereocenters. The van der Waals surface area contributed by atoms with Crippen LogP contribution in [0.3, 0.4) is 0 Å². The molecule has 0 aromatic carbocycles. The molecule has 1 saturated heterocycles. The second-order valence-corrected chi connectivity index (χ2v) is 5.25. The Morgan fingerprint density at radius 3 is 2.11 bits per heavy atom. The number of likely N-dealkylation sites (N-methyl/N-ethyl adjacent to an activating group) is 2. The summed E-state index contributed by atoms with van der Waals surface area (Å²) in [5.74, 6) is 0.591. The predicted octanol–water partition coefficient (Wildman–Crippen LogP) is 1.24. The largest absolute Gasteiger partial charge is 0.340 e. The van der Waals surface area contributed by atoms with Gasteiger partial charge in [0.15, 0.2) is 0 Å². The summed E-state index contributed by atoms with van der Waals surface area (Å²) in [6.45, 7) is 6.16. The number of halogens is 2. The topological polar surface area (TPSA) is 35.6 Å². The number of hydrogen-bond donors (Lipinski definition) is 1. The molecule has 1 heterocycles. The fourth-order valence-corrected chi connectivity index (χ4v) is 2.46. The minimum Gasteiger partial charge on any atom is -0.340 e. The molecule has 0 radical (unpaired) electrons. The van der Waals surface area contributed by atoms with Gasteiger partial charge in [0.05, 0.1) is 6.04 Å². The molecule has 0 spiro atoms. The van der Waals surface area contributed by atoms with Crippen LogP contribution in [-0.4, -0.2) is 62.0 Å². The first-order valence-corrected chi connectivity index (χ1v) is 6.09. The third-order valence-corrected chi connectivity index (χ3v) is 3.37. The second kappa shape index (κ2) is 8.97. The SMILES string of the molecule is CC(C)C(C(=O)N(C)C1CCNC1)N(C)C.Cl.Cl. The molecule has 1 aliphatic rings.